The number of H-pyrrole nitrogens is 1. The number of hydrogen-bond acceptors (Lipinski definition) is 2. The zero-order valence-corrected chi connectivity index (χ0v) is 8.48. The molecule has 2 N–H and O–H groups in total. The maximum absolute atomic E-state index is 12.6. The van der Waals surface area contributed by atoms with Crippen molar-refractivity contribution in [1.29, 1.82) is 0 Å². The van der Waals surface area contributed by atoms with Gasteiger partial charge < -0.3 is 5.32 Å². The highest BCUT2D eigenvalue weighted by atomic mass is 19.4. The quantitative estimate of drug-likeness (QED) is 0.811. The van der Waals surface area contributed by atoms with Gasteiger partial charge in [0.15, 0.2) is 0 Å². The standard InChI is InChI=1S/C8H8F5N3O/c1-4(5-2-14-15-3-5)16-6(17)7(9,10)8(11,12)13/h2-4H,1H3,(H,14,15)(H,16,17). The van der Waals surface area contributed by atoms with Crippen molar-refractivity contribution in [2.24, 2.45) is 0 Å². The van der Waals surface area contributed by atoms with Crippen LogP contribution >= 0.6 is 0 Å². The third-order valence-electron chi connectivity index (χ3n) is 2.01. The molecule has 1 rings (SSSR count). The molecule has 96 valence electrons. The van der Waals surface area contributed by atoms with Gasteiger partial charge >= 0.3 is 18.0 Å². The van der Waals surface area contributed by atoms with Gasteiger partial charge in [-0.1, -0.05) is 0 Å². The smallest absolute Gasteiger partial charge is 0.344 e. The maximum atomic E-state index is 12.6. The number of aromatic amines is 1. The molecule has 1 unspecified atom stereocenters. The molecule has 0 aromatic carbocycles. The van der Waals surface area contributed by atoms with Crippen LogP contribution in [-0.2, 0) is 4.79 Å². The Kier molecular flexibility index (Phi) is 3.39. The highest BCUT2D eigenvalue weighted by molar-refractivity contribution is 5.84. The van der Waals surface area contributed by atoms with Crippen molar-refractivity contribution in [3.63, 3.8) is 0 Å². The lowest BCUT2D eigenvalue weighted by Gasteiger charge is -2.21. The molecule has 0 aliphatic carbocycles. The van der Waals surface area contributed by atoms with E-state index in [2.05, 4.69) is 10.2 Å². The lowest BCUT2D eigenvalue weighted by atomic mass is 10.2. The van der Waals surface area contributed by atoms with Gasteiger partial charge in [0.25, 0.3) is 0 Å². The van der Waals surface area contributed by atoms with Crippen LogP contribution in [0.4, 0.5) is 22.0 Å². The van der Waals surface area contributed by atoms with Crippen molar-refractivity contribution in [1.82, 2.24) is 15.5 Å². The van der Waals surface area contributed by atoms with Crippen molar-refractivity contribution in [3.05, 3.63) is 18.0 Å². The van der Waals surface area contributed by atoms with Crippen molar-refractivity contribution < 1.29 is 26.7 Å². The van der Waals surface area contributed by atoms with Crippen LogP contribution in [0.1, 0.15) is 18.5 Å². The molecule has 0 aliphatic heterocycles. The summed E-state index contributed by atoms with van der Waals surface area (Å²) in [6.07, 6.45) is -3.43. The first-order chi connectivity index (χ1) is 7.66. The number of nitrogens with zero attached hydrogens (tertiary/aromatic N) is 1. The summed E-state index contributed by atoms with van der Waals surface area (Å²) in [7, 11) is 0. The van der Waals surface area contributed by atoms with Crippen LogP contribution in [0.3, 0.4) is 0 Å². The van der Waals surface area contributed by atoms with Crippen LogP contribution in [0.25, 0.3) is 0 Å². The summed E-state index contributed by atoms with van der Waals surface area (Å²) in [6.45, 7) is 1.26. The molecule has 1 aromatic rings. The molecular formula is C8H8F5N3O. The number of nitrogens with one attached hydrogen (secondary N) is 2. The Morgan fingerprint density at radius 3 is 2.41 bits per heavy atom. The Hall–Kier alpha value is -1.67. The van der Waals surface area contributed by atoms with Crippen LogP contribution in [0.2, 0.25) is 0 Å². The summed E-state index contributed by atoms with van der Waals surface area (Å²) in [6, 6.07) is -1.01. The Bertz CT molecular complexity index is 386. The second kappa shape index (κ2) is 4.30. The highest BCUT2D eigenvalue weighted by Gasteiger charge is 2.63. The first kappa shape index (κ1) is 13.4. The maximum Gasteiger partial charge on any atom is 0.463 e. The number of halogens is 5. The van der Waals surface area contributed by atoms with Crippen LogP contribution in [0.15, 0.2) is 12.4 Å². The third-order valence-corrected chi connectivity index (χ3v) is 2.01. The Morgan fingerprint density at radius 1 is 1.41 bits per heavy atom. The molecule has 1 aromatic heterocycles. The molecule has 0 saturated heterocycles. The van der Waals surface area contributed by atoms with E-state index in [1.54, 1.807) is 5.32 Å². The number of carbonyl (C=O) groups is 1. The molecule has 17 heavy (non-hydrogen) atoms. The molecule has 1 amide bonds. The minimum atomic E-state index is -5.91. The zero-order chi connectivity index (χ0) is 13.3. The van der Waals surface area contributed by atoms with E-state index in [9.17, 15) is 26.7 Å². The summed E-state index contributed by atoms with van der Waals surface area (Å²) < 4.78 is 60.7. The molecule has 0 aliphatic rings. The topological polar surface area (TPSA) is 57.8 Å². The van der Waals surface area contributed by atoms with Crippen LogP contribution in [0, 0.1) is 0 Å². The summed E-state index contributed by atoms with van der Waals surface area (Å²) in [5, 5.41) is 7.38. The van der Waals surface area contributed by atoms with E-state index in [4.69, 9.17) is 0 Å². The molecule has 0 radical (unpaired) electrons. The van der Waals surface area contributed by atoms with E-state index in [0.717, 1.165) is 0 Å². The Balaban J connectivity index is 2.73. The number of rotatable bonds is 3. The molecule has 0 saturated carbocycles. The van der Waals surface area contributed by atoms with Crippen LogP contribution in [0.5, 0.6) is 0 Å². The fourth-order valence-corrected chi connectivity index (χ4v) is 0.997. The summed E-state index contributed by atoms with van der Waals surface area (Å²) in [5.74, 6) is -7.80. The average Bonchev–Trinajstić information content (AvgIpc) is 2.68. The highest BCUT2D eigenvalue weighted by Crippen LogP contribution is 2.35. The number of aromatic nitrogens is 2. The molecule has 1 atom stereocenters. The molecule has 1 heterocycles. The van der Waals surface area contributed by atoms with E-state index in [0.29, 0.717) is 0 Å². The molecule has 0 spiro atoms. The number of carbonyl (C=O) groups excluding carboxylic acids is 1. The van der Waals surface area contributed by atoms with Crippen molar-refractivity contribution in [2.45, 2.75) is 25.1 Å². The van der Waals surface area contributed by atoms with Gasteiger partial charge in [0, 0.05) is 11.8 Å². The third kappa shape index (κ3) is 2.71. The number of amides is 1. The minimum absolute atomic E-state index is 0.288. The van der Waals surface area contributed by atoms with Crippen LogP contribution < -0.4 is 5.32 Å². The van der Waals surface area contributed by atoms with E-state index in [-0.39, 0.29) is 5.56 Å². The number of hydrogen-bond donors (Lipinski definition) is 2. The molecule has 9 heteroatoms. The Morgan fingerprint density at radius 2 is 2.00 bits per heavy atom. The fourth-order valence-electron chi connectivity index (χ4n) is 0.997. The van der Waals surface area contributed by atoms with Crippen LogP contribution in [-0.4, -0.2) is 28.2 Å². The molecule has 0 bridgehead atoms. The molecular weight excluding hydrogens is 249 g/mol. The lowest BCUT2D eigenvalue weighted by Crippen LogP contribution is -2.50. The van der Waals surface area contributed by atoms with E-state index >= 15 is 0 Å². The van der Waals surface area contributed by atoms with E-state index in [1.807, 2.05) is 0 Å². The van der Waals surface area contributed by atoms with Gasteiger partial charge in [-0.25, -0.2) is 0 Å². The second-order valence-corrected chi connectivity index (χ2v) is 3.30. The van der Waals surface area contributed by atoms with Gasteiger partial charge in [-0.2, -0.15) is 27.1 Å². The summed E-state index contributed by atoms with van der Waals surface area (Å²) >= 11 is 0. The van der Waals surface area contributed by atoms with Gasteiger partial charge in [-0.05, 0) is 6.92 Å². The molecule has 0 fully saturated rings. The van der Waals surface area contributed by atoms with Gasteiger partial charge in [-0.3, -0.25) is 9.89 Å². The van der Waals surface area contributed by atoms with Gasteiger partial charge in [-0.15, -0.1) is 0 Å². The van der Waals surface area contributed by atoms with Gasteiger partial charge in [0.05, 0.1) is 12.2 Å². The van der Waals surface area contributed by atoms with Crippen molar-refractivity contribution in [2.75, 3.05) is 0 Å². The lowest BCUT2D eigenvalue weighted by molar-refractivity contribution is -0.270. The summed E-state index contributed by atoms with van der Waals surface area (Å²) in [5.41, 5.74) is 0.288. The van der Waals surface area contributed by atoms with Crippen molar-refractivity contribution in [3.8, 4) is 0 Å². The minimum Gasteiger partial charge on any atom is -0.344 e. The normalized spacial score (nSPS) is 14.5. The SMILES string of the molecule is CC(NC(=O)C(F)(F)C(F)(F)F)c1cn[nH]c1. The predicted octanol–water partition coefficient (Wildman–Crippen LogP) is 1.78. The first-order valence-electron chi connectivity index (χ1n) is 4.40. The van der Waals surface area contributed by atoms with E-state index < -0.39 is 24.0 Å². The second-order valence-electron chi connectivity index (χ2n) is 3.30. The largest absolute Gasteiger partial charge is 0.463 e. The fraction of sp³-hybridized carbons (Fsp3) is 0.500. The van der Waals surface area contributed by atoms with Crippen molar-refractivity contribution >= 4 is 5.91 Å². The first-order valence-corrected chi connectivity index (χ1v) is 4.40. The zero-order valence-electron chi connectivity index (χ0n) is 8.48. The monoisotopic (exact) mass is 257 g/mol. The Labute approximate surface area is 92.2 Å². The van der Waals surface area contributed by atoms with Gasteiger partial charge in [0.1, 0.15) is 0 Å². The number of alkyl halides is 5. The molecule has 4 nitrogen and oxygen atoms in total. The van der Waals surface area contributed by atoms with Gasteiger partial charge in [0.2, 0.25) is 0 Å². The van der Waals surface area contributed by atoms with E-state index in [1.165, 1.54) is 19.3 Å². The summed E-state index contributed by atoms with van der Waals surface area (Å²) in [4.78, 5) is 10.8. The average molecular weight is 257 g/mol. The predicted molar refractivity (Wildman–Crippen MR) is 46.1 cm³/mol.